The number of rotatable bonds is 2. The van der Waals surface area contributed by atoms with E-state index in [0.29, 0.717) is 23.0 Å². The normalized spacial score (nSPS) is 23.8. The number of amides is 4. The average Bonchev–Trinajstić information content (AvgIpc) is 3.43. The summed E-state index contributed by atoms with van der Waals surface area (Å²) in [5, 5.41) is 9.00. The standard InChI is InChI=1S/C22H14BrF3N4O3/c23-13-3-1-2-11(6-13)19(31)28-10-15-8-17(28)18-20(32)30(21(33)29(15)18)14-5-4-12(9-27)16(7-14)22(24,25)26/h1-7,15,17-18H,8,10H2/t15?,17?,18-/m1/s1. The summed E-state index contributed by atoms with van der Waals surface area (Å²) in [6.07, 6.45) is -4.40. The van der Waals surface area contributed by atoms with E-state index in [0.717, 1.165) is 16.6 Å². The summed E-state index contributed by atoms with van der Waals surface area (Å²) in [7, 11) is 0. The first kappa shape index (κ1) is 21.5. The van der Waals surface area contributed by atoms with Crippen LogP contribution >= 0.6 is 15.9 Å². The second-order valence-electron chi connectivity index (χ2n) is 8.07. The van der Waals surface area contributed by atoms with Crippen molar-refractivity contribution in [2.45, 2.75) is 30.7 Å². The van der Waals surface area contributed by atoms with E-state index in [-0.39, 0.29) is 18.1 Å². The van der Waals surface area contributed by atoms with Gasteiger partial charge in [0.05, 0.1) is 35.0 Å². The number of urea groups is 1. The van der Waals surface area contributed by atoms with E-state index in [1.165, 1.54) is 11.0 Å². The molecule has 2 aromatic carbocycles. The molecule has 11 heteroatoms. The number of hydrogen-bond donors (Lipinski definition) is 0. The molecule has 2 bridgehead atoms. The Bertz CT molecular complexity index is 1260. The average molecular weight is 519 g/mol. The number of anilines is 1. The minimum atomic E-state index is -4.82. The van der Waals surface area contributed by atoms with E-state index in [4.69, 9.17) is 5.26 Å². The number of benzene rings is 2. The van der Waals surface area contributed by atoms with Crippen molar-refractivity contribution in [3.8, 4) is 6.07 Å². The smallest absolute Gasteiger partial charge is 0.331 e. The van der Waals surface area contributed by atoms with Crippen molar-refractivity contribution in [1.29, 1.82) is 5.26 Å². The van der Waals surface area contributed by atoms with Crippen LogP contribution in [0.1, 0.15) is 27.9 Å². The van der Waals surface area contributed by atoms with E-state index in [9.17, 15) is 27.6 Å². The van der Waals surface area contributed by atoms with Crippen LogP contribution in [0.5, 0.6) is 0 Å². The predicted octanol–water partition coefficient (Wildman–Crippen LogP) is 3.77. The molecule has 3 fully saturated rings. The number of hydrogen-bond acceptors (Lipinski definition) is 4. The van der Waals surface area contributed by atoms with Gasteiger partial charge < -0.3 is 9.80 Å². The summed E-state index contributed by atoms with van der Waals surface area (Å²) in [5.74, 6) is -0.961. The Morgan fingerprint density at radius 1 is 1.15 bits per heavy atom. The number of alkyl halides is 3. The first-order chi connectivity index (χ1) is 15.6. The molecule has 0 radical (unpaired) electrons. The number of nitrogens with zero attached hydrogens (tertiary/aromatic N) is 4. The summed E-state index contributed by atoms with van der Waals surface area (Å²) in [6, 6.07) is 8.37. The third kappa shape index (κ3) is 3.20. The molecule has 3 aliphatic rings. The maximum absolute atomic E-state index is 13.4. The van der Waals surface area contributed by atoms with Gasteiger partial charge in [0.25, 0.3) is 11.8 Å². The third-order valence-corrected chi connectivity index (χ3v) is 6.78. The van der Waals surface area contributed by atoms with Crippen LogP contribution in [0, 0.1) is 11.3 Å². The molecule has 3 aliphatic heterocycles. The van der Waals surface area contributed by atoms with Gasteiger partial charge in [0.1, 0.15) is 6.04 Å². The summed E-state index contributed by atoms with van der Waals surface area (Å²) in [5.41, 5.74) is -1.64. The van der Waals surface area contributed by atoms with Crippen LogP contribution in [0.3, 0.4) is 0 Å². The lowest BCUT2D eigenvalue weighted by Gasteiger charge is -2.35. The fourth-order valence-corrected chi connectivity index (χ4v) is 5.32. The molecule has 5 rings (SSSR count). The van der Waals surface area contributed by atoms with Crippen LogP contribution in [0.2, 0.25) is 0 Å². The van der Waals surface area contributed by atoms with Gasteiger partial charge in [0.2, 0.25) is 0 Å². The van der Waals surface area contributed by atoms with Crippen LogP contribution in [0.4, 0.5) is 23.7 Å². The fourth-order valence-electron chi connectivity index (χ4n) is 4.92. The highest BCUT2D eigenvalue weighted by Crippen LogP contribution is 2.44. The third-order valence-electron chi connectivity index (χ3n) is 6.28. The van der Waals surface area contributed by atoms with E-state index in [1.807, 2.05) is 0 Å². The van der Waals surface area contributed by atoms with Gasteiger partial charge in [-0.15, -0.1) is 0 Å². The monoisotopic (exact) mass is 518 g/mol. The topological polar surface area (TPSA) is 84.7 Å². The molecule has 3 saturated heterocycles. The number of carbonyl (C=O) groups is 3. The summed E-state index contributed by atoms with van der Waals surface area (Å²) < 4.78 is 40.9. The quantitative estimate of drug-likeness (QED) is 0.566. The number of fused-ring (bicyclic) bond motifs is 5. The van der Waals surface area contributed by atoms with Gasteiger partial charge in [0.15, 0.2) is 0 Å². The molecule has 7 nitrogen and oxygen atoms in total. The molecular weight excluding hydrogens is 505 g/mol. The Morgan fingerprint density at radius 2 is 1.91 bits per heavy atom. The molecule has 168 valence electrons. The van der Waals surface area contributed by atoms with E-state index in [1.54, 1.807) is 29.2 Å². The summed E-state index contributed by atoms with van der Waals surface area (Å²) >= 11 is 3.32. The Morgan fingerprint density at radius 3 is 2.58 bits per heavy atom. The molecular formula is C22H14BrF3N4O3. The van der Waals surface area contributed by atoms with E-state index >= 15 is 0 Å². The number of carbonyl (C=O) groups excluding carboxylic acids is 3. The highest BCUT2D eigenvalue weighted by Gasteiger charge is 2.63. The van der Waals surface area contributed by atoms with E-state index < -0.39 is 47.4 Å². The van der Waals surface area contributed by atoms with Gasteiger partial charge in [-0.05, 0) is 42.8 Å². The fraction of sp³-hybridized carbons (Fsp3) is 0.273. The Balaban J connectivity index is 1.47. The number of piperazine rings is 1. The van der Waals surface area contributed by atoms with E-state index in [2.05, 4.69) is 15.9 Å². The maximum Gasteiger partial charge on any atom is 0.417 e. The largest absolute Gasteiger partial charge is 0.417 e. The van der Waals surface area contributed by atoms with Crippen LogP contribution in [-0.2, 0) is 11.0 Å². The van der Waals surface area contributed by atoms with Crippen LogP contribution in [-0.4, -0.2) is 52.3 Å². The second-order valence-corrected chi connectivity index (χ2v) is 8.99. The molecule has 4 amide bonds. The van der Waals surface area contributed by atoms with Crippen molar-refractivity contribution in [2.75, 3.05) is 11.4 Å². The number of halogens is 4. The van der Waals surface area contributed by atoms with Crippen molar-refractivity contribution < 1.29 is 27.6 Å². The van der Waals surface area contributed by atoms with Crippen molar-refractivity contribution in [3.05, 3.63) is 63.6 Å². The van der Waals surface area contributed by atoms with Gasteiger partial charge in [-0.1, -0.05) is 22.0 Å². The lowest BCUT2D eigenvalue weighted by atomic mass is 10.1. The van der Waals surface area contributed by atoms with Gasteiger partial charge in [0, 0.05) is 16.6 Å². The molecule has 0 aliphatic carbocycles. The lowest BCUT2D eigenvalue weighted by molar-refractivity contribution is -0.137. The maximum atomic E-state index is 13.4. The Kier molecular flexibility index (Phi) is 4.75. The first-order valence-electron chi connectivity index (χ1n) is 9.96. The van der Waals surface area contributed by atoms with Gasteiger partial charge in [-0.25, -0.2) is 9.69 Å². The van der Waals surface area contributed by atoms with Crippen LogP contribution in [0.15, 0.2) is 46.9 Å². The van der Waals surface area contributed by atoms with Crippen LogP contribution in [0.25, 0.3) is 0 Å². The van der Waals surface area contributed by atoms with Crippen LogP contribution < -0.4 is 4.90 Å². The SMILES string of the molecule is N#Cc1ccc(N2C(=O)[C@H]3C4CC(CN4C(=O)c4cccc(Br)c4)N3C2=O)cc1C(F)(F)F. The molecule has 3 heterocycles. The molecule has 0 N–H and O–H groups in total. The highest BCUT2D eigenvalue weighted by molar-refractivity contribution is 9.10. The van der Waals surface area contributed by atoms with Crippen molar-refractivity contribution in [3.63, 3.8) is 0 Å². The minimum absolute atomic E-state index is 0.237. The first-order valence-corrected chi connectivity index (χ1v) is 10.7. The van der Waals surface area contributed by atoms with Gasteiger partial charge in [-0.2, -0.15) is 18.4 Å². The molecule has 0 aromatic heterocycles. The summed E-state index contributed by atoms with van der Waals surface area (Å²) in [4.78, 5) is 43.0. The molecule has 2 aromatic rings. The van der Waals surface area contributed by atoms with Gasteiger partial charge in [-0.3, -0.25) is 9.59 Å². The van der Waals surface area contributed by atoms with Crippen molar-refractivity contribution in [2.24, 2.45) is 0 Å². The zero-order valence-corrected chi connectivity index (χ0v) is 18.3. The van der Waals surface area contributed by atoms with Gasteiger partial charge >= 0.3 is 12.2 Å². The lowest BCUT2D eigenvalue weighted by Crippen LogP contribution is -2.54. The predicted molar refractivity (Wildman–Crippen MR) is 112 cm³/mol. The number of nitriles is 1. The Hall–Kier alpha value is -3.39. The zero-order chi connectivity index (χ0) is 23.7. The molecule has 33 heavy (non-hydrogen) atoms. The summed E-state index contributed by atoms with van der Waals surface area (Å²) in [6.45, 7) is 0.237. The van der Waals surface area contributed by atoms with Crippen molar-refractivity contribution in [1.82, 2.24) is 9.80 Å². The molecule has 3 atom stereocenters. The second kappa shape index (κ2) is 7.31. The number of likely N-dealkylation sites (tertiary alicyclic amines) is 1. The molecule has 2 unspecified atom stereocenters. The van der Waals surface area contributed by atoms with Crippen molar-refractivity contribution >= 4 is 39.5 Å². The molecule has 0 spiro atoms. The number of imide groups is 1. The minimum Gasteiger partial charge on any atom is -0.331 e. The highest BCUT2D eigenvalue weighted by atomic mass is 79.9. The zero-order valence-electron chi connectivity index (χ0n) is 16.7. The molecule has 0 saturated carbocycles. The Labute approximate surface area is 194 Å².